The zero-order valence-corrected chi connectivity index (χ0v) is 14.9. The smallest absolute Gasteiger partial charge is 0.341 e. The van der Waals surface area contributed by atoms with Crippen molar-refractivity contribution in [1.82, 2.24) is 10.1 Å². The van der Waals surface area contributed by atoms with E-state index in [1.807, 2.05) is 19.1 Å². The Morgan fingerprint density at radius 2 is 1.96 bits per heavy atom. The molecule has 2 aromatic heterocycles. The van der Waals surface area contributed by atoms with Crippen LogP contribution in [0.5, 0.6) is 0 Å². The molecule has 1 aromatic carbocycles. The minimum Gasteiger partial charge on any atom is -0.454 e. The molecular weight excluding hydrogens is 352 g/mol. The van der Waals surface area contributed by atoms with Gasteiger partial charge >= 0.3 is 5.97 Å². The summed E-state index contributed by atoms with van der Waals surface area (Å²) in [7, 11) is 0. The van der Waals surface area contributed by atoms with Gasteiger partial charge in [0.25, 0.3) is 0 Å². The molecule has 0 bridgehead atoms. The molecule has 0 aliphatic carbocycles. The lowest BCUT2D eigenvalue weighted by Gasteiger charge is -2.07. The van der Waals surface area contributed by atoms with E-state index in [1.165, 1.54) is 11.8 Å². The number of ketones is 1. The third-order valence-electron chi connectivity index (χ3n) is 3.45. The maximum Gasteiger partial charge on any atom is 0.341 e. The number of esters is 1. The van der Waals surface area contributed by atoms with Gasteiger partial charge in [-0.05, 0) is 19.1 Å². The summed E-state index contributed by atoms with van der Waals surface area (Å²) < 4.78 is 10.2. The minimum absolute atomic E-state index is 0.255. The maximum atomic E-state index is 12.4. The van der Waals surface area contributed by atoms with Crippen molar-refractivity contribution >= 4 is 23.5 Å². The largest absolute Gasteiger partial charge is 0.454 e. The van der Waals surface area contributed by atoms with Crippen molar-refractivity contribution in [3.8, 4) is 0 Å². The number of hydrogen-bond donors (Lipinski definition) is 0. The zero-order chi connectivity index (χ0) is 18.4. The fourth-order valence-electron chi connectivity index (χ4n) is 2.21. The molecule has 0 aliphatic rings. The van der Waals surface area contributed by atoms with Crippen molar-refractivity contribution < 1.29 is 18.8 Å². The summed E-state index contributed by atoms with van der Waals surface area (Å²) >= 11 is 1.35. The number of aryl methyl sites for hydroxylation is 1. The standard InChI is InChI=1S/C19H16N2O4S/c1-13-10-15(21-25-13)12-26-18-16(8-5-9-20-18)19(23)24-11-17(22)14-6-3-2-4-7-14/h2-10H,11-12H2,1H3. The van der Waals surface area contributed by atoms with Crippen molar-refractivity contribution in [3.63, 3.8) is 0 Å². The molecule has 3 aromatic rings. The second-order valence-corrected chi connectivity index (χ2v) is 6.40. The van der Waals surface area contributed by atoms with Crippen LogP contribution in [-0.4, -0.2) is 28.5 Å². The molecule has 6 nitrogen and oxygen atoms in total. The van der Waals surface area contributed by atoms with Crippen LogP contribution in [0, 0.1) is 6.92 Å². The molecule has 0 radical (unpaired) electrons. The summed E-state index contributed by atoms with van der Waals surface area (Å²) in [5.41, 5.74) is 1.58. The molecule has 132 valence electrons. The van der Waals surface area contributed by atoms with Crippen LogP contribution in [0.25, 0.3) is 0 Å². The van der Waals surface area contributed by atoms with E-state index in [0.717, 1.165) is 11.5 Å². The van der Waals surface area contributed by atoms with Crippen molar-refractivity contribution in [3.05, 3.63) is 77.3 Å². The third-order valence-corrected chi connectivity index (χ3v) is 4.49. The zero-order valence-electron chi connectivity index (χ0n) is 14.0. The summed E-state index contributed by atoms with van der Waals surface area (Å²) in [4.78, 5) is 28.6. The Morgan fingerprint density at radius 3 is 2.69 bits per heavy atom. The fourth-order valence-corrected chi connectivity index (χ4v) is 3.07. The molecule has 3 rings (SSSR count). The SMILES string of the molecule is Cc1cc(CSc2ncccc2C(=O)OCC(=O)c2ccccc2)no1. The van der Waals surface area contributed by atoms with Crippen molar-refractivity contribution in [2.45, 2.75) is 17.7 Å². The van der Waals surface area contributed by atoms with Crippen LogP contribution in [-0.2, 0) is 10.5 Å². The highest BCUT2D eigenvalue weighted by molar-refractivity contribution is 7.98. The van der Waals surface area contributed by atoms with Crippen LogP contribution in [0.15, 0.2) is 64.3 Å². The Labute approximate surface area is 154 Å². The van der Waals surface area contributed by atoms with E-state index in [1.54, 1.807) is 42.6 Å². The Bertz CT molecular complexity index is 909. The van der Waals surface area contributed by atoms with E-state index in [0.29, 0.717) is 21.9 Å². The van der Waals surface area contributed by atoms with Gasteiger partial charge in [-0.1, -0.05) is 47.3 Å². The van der Waals surface area contributed by atoms with Crippen LogP contribution < -0.4 is 0 Å². The first-order chi connectivity index (χ1) is 12.6. The van der Waals surface area contributed by atoms with Gasteiger partial charge in [0, 0.05) is 23.6 Å². The Morgan fingerprint density at radius 1 is 1.15 bits per heavy atom. The molecule has 0 unspecified atom stereocenters. The van der Waals surface area contributed by atoms with Crippen LogP contribution in [0.4, 0.5) is 0 Å². The molecule has 0 amide bonds. The van der Waals surface area contributed by atoms with Gasteiger partial charge in [-0.3, -0.25) is 4.79 Å². The number of rotatable bonds is 7. The van der Waals surface area contributed by atoms with Gasteiger partial charge in [0.1, 0.15) is 10.8 Å². The number of benzene rings is 1. The highest BCUT2D eigenvalue weighted by atomic mass is 32.2. The molecule has 0 atom stereocenters. The van der Waals surface area contributed by atoms with Gasteiger partial charge in [0.05, 0.1) is 11.3 Å². The highest BCUT2D eigenvalue weighted by Gasteiger charge is 2.17. The number of carbonyl (C=O) groups excluding carboxylic acids is 2. The van der Waals surface area contributed by atoms with E-state index in [9.17, 15) is 9.59 Å². The van der Waals surface area contributed by atoms with E-state index >= 15 is 0 Å². The highest BCUT2D eigenvalue weighted by Crippen LogP contribution is 2.24. The summed E-state index contributed by atoms with van der Waals surface area (Å²) in [5, 5.41) is 4.43. The number of carbonyl (C=O) groups is 2. The average Bonchev–Trinajstić information content (AvgIpc) is 3.10. The number of ether oxygens (including phenoxy) is 1. The fraction of sp³-hybridized carbons (Fsp3) is 0.158. The van der Waals surface area contributed by atoms with Crippen LogP contribution in [0.2, 0.25) is 0 Å². The summed E-state index contributed by atoms with van der Waals surface area (Å²) in [6.07, 6.45) is 1.60. The summed E-state index contributed by atoms with van der Waals surface area (Å²) in [6.45, 7) is 1.50. The first-order valence-electron chi connectivity index (χ1n) is 7.89. The van der Waals surface area contributed by atoms with Gasteiger partial charge in [-0.15, -0.1) is 0 Å². The van der Waals surface area contributed by atoms with Crippen molar-refractivity contribution in [2.24, 2.45) is 0 Å². The maximum absolute atomic E-state index is 12.4. The normalized spacial score (nSPS) is 10.5. The number of pyridine rings is 1. The topological polar surface area (TPSA) is 82.3 Å². The predicted octanol–water partition coefficient (Wildman–Crippen LogP) is 3.71. The van der Waals surface area contributed by atoms with Gasteiger partial charge in [-0.25, -0.2) is 9.78 Å². The Kier molecular flexibility index (Phi) is 5.80. The first-order valence-corrected chi connectivity index (χ1v) is 8.87. The van der Waals surface area contributed by atoms with Crippen molar-refractivity contribution in [2.75, 3.05) is 6.61 Å². The van der Waals surface area contributed by atoms with Gasteiger partial charge < -0.3 is 9.26 Å². The lowest BCUT2D eigenvalue weighted by molar-refractivity contribution is 0.0470. The number of nitrogens with zero attached hydrogens (tertiary/aromatic N) is 2. The number of hydrogen-bond acceptors (Lipinski definition) is 7. The van der Waals surface area contributed by atoms with Crippen LogP contribution in [0.1, 0.15) is 32.2 Å². The predicted molar refractivity (Wildman–Crippen MR) is 96.1 cm³/mol. The van der Waals surface area contributed by atoms with Crippen LogP contribution >= 0.6 is 11.8 Å². The molecule has 26 heavy (non-hydrogen) atoms. The molecule has 0 spiro atoms. The van der Waals surface area contributed by atoms with Crippen LogP contribution in [0.3, 0.4) is 0 Å². The molecule has 0 saturated carbocycles. The quantitative estimate of drug-likeness (QED) is 0.357. The summed E-state index contributed by atoms with van der Waals surface area (Å²) in [5.74, 6) is 0.398. The monoisotopic (exact) mass is 368 g/mol. The van der Waals surface area contributed by atoms with E-state index in [2.05, 4.69) is 10.1 Å². The molecule has 0 aliphatic heterocycles. The minimum atomic E-state index is -0.582. The molecule has 2 heterocycles. The number of thioether (sulfide) groups is 1. The van der Waals surface area contributed by atoms with Gasteiger partial charge in [-0.2, -0.15) is 0 Å². The van der Waals surface area contributed by atoms with Crippen molar-refractivity contribution in [1.29, 1.82) is 0 Å². The number of Topliss-reactive ketones (excluding diaryl/α,β-unsaturated/α-hetero) is 1. The number of aromatic nitrogens is 2. The lowest BCUT2D eigenvalue weighted by atomic mass is 10.1. The van der Waals surface area contributed by atoms with E-state index in [4.69, 9.17) is 9.26 Å². The Hall–Kier alpha value is -2.93. The lowest BCUT2D eigenvalue weighted by Crippen LogP contribution is -2.15. The van der Waals surface area contributed by atoms with E-state index < -0.39 is 5.97 Å². The van der Waals surface area contributed by atoms with E-state index in [-0.39, 0.29) is 12.4 Å². The summed E-state index contributed by atoms with van der Waals surface area (Å²) in [6, 6.07) is 13.8. The molecule has 7 heteroatoms. The molecule has 0 saturated heterocycles. The second-order valence-electron chi connectivity index (χ2n) is 5.44. The molecule has 0 fully saturated rings. The molecular formula is C19H16N2O4S. The second kappa shape index (κ2) is 8.44. The average molecular weight is 368 g/mol. The van der Waals surface area contributed by atoms with Gasteiger partial charge in [0.15, 0.2) is 12.4 Å². The van der Waals surface area contributed by atoms with Gasteiger partial charge in [0.2, 0.25) is 0 Å². The molecule has 0 N–H and O–H groups in total. The first kappa shape index (κ1) is 17.9. The Balaban J connectivity index is 1.63. The third kappa shape index (κ3) is 4.58.